The molecule has 1 amide bonds. The van der Waals surface area contributed by atoms with Crippen LogP contribution in [-0.2, 0) is 6.42 Å². The van der Waals surface area contributed by atoms with E-state index in [0.29, 0.717) is 5.56 Å². The maximum atomic E-state index is 12.1. The number of nitrogens with one attached hydrogen (secondary N) is 1. The summed E-state index contributed by atoms with van der Waals surface area (Å²) in [5.41, 5.74) is 2.68. The molecule has 0 unspecified atom stereocenters. The molecule has 0 saturated heterocycles. The van der Waals surface area contributed by atoms with Crippen molar-refractivity contribution in [2.75, 3.05) is 5.32 Å². The van der Waals surface area contributed by atoms with Crippen LogP contribution in [0.15, 0.2) is 53.0 Å². The number of aryl methyl sites for hydroxylation is 1. The highest BCUT2D eigenvalue weighted by Gasteiger charge is 2.09. The number of anilines is 1. The molecular formula is C15H14BrNO. The van der Waals surface area contributed by atoms with Crippen molar-refractivity contribution >= 4 is 27.5 Å². The standard InChI is InChI=1S/C15H14BrNO/c1-2-11-6-5-7-12(10-11)17-15(18)13-8-3-4-9-14(13)16/h3-10H,2H2,1H3,(H,17,18). The fourth-order valence-electron chi connectivity index (χ4n) is 1.71. The summed E-state index contributed by atoms with van der Waals surface area (Å²) in [4.78, 5) is 12.1. The first-order valence-electron chi connectivity index (χ1n) is 5.85. The number of hydrogen-bond acceptors (Lipinski definition) is 1. The number of benzene rings is 2. The first-order valence-corrected chi connectivity index (χ1v) is 6.65. The van der Waals surface area contributed by atoms with Crippen LogP contribution in [0.2, 0.25) is 0 Å². The molecule has 0 fully saturated rings. The Morgan fingerprint density at radius 2 is 1.94 bits per heavy atom. The molecule has 0 atom stereocenters. The molecular weight excluding hydrogens is 290 g/mol. The summed E-state index contributed by atoms with van der Waals surface area (Å²) in [7, 11) is 0. The van der Waals surface area contributed by atoms with E-state index in [0.717, 1.165) is 16.6 Å². The summed E-state index contributed by atoms with van der Waals surface area (Å²) in [5.74, 6) is -0.101. The fraction of sp³-hybridized carbons (Fsp3) is 0.133. The number of carbonyl (C=O) groups excluding carboxylic acids is 1. The van der Waals surface area contributed by atoms with Crippen LogP contribution in [0.1, 0.15) is 22.8 Å². The van der Waals surface area contributed by atoms with Crippen molar-refractivity contribution in [3.63, 3.8) is 0 Å². The van der Waals surface area contributed by atoms with Gasteiger partial charge in [0.15, 0.2) is 0 Å². The molecule has 2 rings (SSSR count). The van der Waals surface area contributed by atoms with Crippen molar-refractivity contribution in [3.8, 4) is 0 Å². The lowest BCUT2D eigenvalue weighted by molar-refractivity contribution is 0.102. The SMILES string of the molecule is CCc1cccc(NC(=O)c2ccccc2Br)c1. The Labute approximate surface area is 115 Å². The number of hydrogen-bond donors (Lipinski definition) is 1. The van der Waals surface area contributed by atoms with Crippen LogP contribution in [0, 0.1) is 0 Å². The van der Waals surface area contributed by atoms with E-state index in [1.165, 1.54) is 5.56 Å². The van der Waals surface area contributed by atoms with Crippen LogP contribution < -0.4 is 5.32 Å². The van der Waals surface area contributed by atoms with Gasteiger partial charge in [-0.2, -0.15) is 0 Å². The minimum atomic E-state index is -0.101. The molecule has 0 saturated carbocycles. The molecule has 2 aromatic carbocycles. The summed E-state index contributed by atoms with van der Waals surface area (Å²) in [5, 5.41) is 2.90. The number of carbonyl (C=O) groups is 1. The van der Waals surface area contributed by atoms with Crippen molar-refractivity contribution in [2.45, 2.75) is 13.3 Å². The van der Waals surface area contributed by atoms with Crippen molar-refractivity contribution < 1.29 is 4.79 Å². The molecule has 0 aromatic heterocycles. The van der Waals surface area contributed by atoms with Gasteiger partial charge < -0.3 is 5.32 Å². The Bertz CT molecular complexity index is 566. The van der Waals surface area contributed by atoms with Gasteiger partial charge in [0.1, 0.15) is 0 Å². The molecule has 0 heterocycles. The summed E-state index contributed by atoms with van der Waals surface area (Å²) in [6.07, 6.45) is 0.957. The predicted molar refractivity (Wildman–Crippen MR) is 77.9 cm³/mol. The van der Waals surface area contributed by atoms with E-state index in [4.69, 9.17) is 0 Å². The highest BCUT2D eigenvalue weighted by Crippen LogP contribution is 2.18. The maximum Gasteiger partial charge on any atom is 0.256 e. The lowest BCUT2D eigenvalue weighted by Crippen LogP contribution is -2.12. The molecule has 18 heavy (non-hydrogen) atoms. The van der Waals surface area contributed by atoms with Crippen molar-refractivity contribution in [1.29, 1.82) is 0 Å². The highest BCUT2D eigenvalue weighted by atomic mass is 79.9. The van der Waals surface area contributed by atoms with Gasteiger partial charge in [0, 0.05) is 10.2 Å². The van der Waals surface area contributed by atoms with Gasteiger partial charge in [-0.05, 0) is 52.2 Å². The quantitative estimate of drug-likeness (QED) is 0.901. The van der Waals surface area contributed by atoms with E-state index in [-0.39, 0.29) is 5.91 Å². The van der Waals surface area contributed by atoms with Gasteiger partial charge in [0.25, 0.3) is 5.91 Å². The minimum Gasteiger partial charge on any atom is -0.322 e. The smallest absolute Gasteiger partial charge is 0.256 e. The molecule has 0 radical (unpaired) electrons. The van der Waals surface area contributed by atoms with Crippen molar-refractivity contribution in [3.05, 3.63) is 64.1 Å². The zero-order chi connectivity index (χ0) is 13.0. The predicted octanol–water partition coefficient (Wildman–Crippen LogP) is 4.26. The fourth-order valence-corrected chi connectivity index (χ4v) is 2.18. The Balaban J connectivity index is 2.19. The second-order valence-electron chi connectivity index (χ2n) is 3.99. The largest absolute Gasteiger partial charge is 0.322 e. The third-order valence-corrected chi connectivity index (χ3v) is 3.40. The Hall–Kier alpha value is -1.61. The molecule has 0 aliphatic heterocycles. The molecule has 1 N–H and O–H groups in total. The van der Waals surface area contributed by atoms with Gasteiger partial charge in [-0.3, -0.25) is 4.79 Å². The van der Waals surface area contributed by atoms with Crippen LogP contribution in [0.4, 0.5) is 5.69 Å². The molecule has 92 valence electrons. The first-order chi connectivity index (χ1) is 8.70. The number of halogens is 1. The molecule has 2 nitrogen and oxygen atoms in total. The Morgan fingerprint density at radius 3 is 2.67 bits per heavy atom. The Morgan fingerprint density at radius 1 is 1.17 bits per heavy atom. The van der Waals surface area contributed by atoms with Crippen LogP contribution in [0.3, 0.4) is 0 Å². The lowest BCUT2D eigenvalue weighted by Gasteiger charge is -2.07. The summed E-state index contributed by atoms with van der Waals surface area (Å²) in [6, 6.07) is 15.3. The topological polar surface area (TPSA) is 29.1 Å². The van der Waals surface area contributed by atoms with Gasteiger partial charge in [-0.1, -0.05) is 31.2 Å². The maximum absolute atomic E-state index is 12.1. The zero-order valence-corrected chi connectivity index (χ0v) is 11.7. The van der Waals surface area contributed by atoms with E-state index >= 15 is 0 Å². The molecule has 3 heteroatoms. The monoisotopic (exact) mass is 303 g/mol. The average molecular weight is 304 g/mol. The van der Waals surface area contributed by atoms with Crippen LogP contribution in [-0.4, -0.2) is 5.91 Å². The second kappa shape index (κ2) is 5.83. The summed E-state index contributed by atoms with van der Waals surface area (Å²) in [6.45, 7) is 2.09. The Kier molecular flexibility index (Phi) is 4.15. The molecule has 0 aliphatic carbocycles. The number of amides is 1. The normalized spacial score (nSPS) is 10.1. The summed E-state index contributed by atoms with van der Waals surface area (Å²) < 4.78 is 0.800. The van der Waals surface area contributed by atoms with Gasteiger partial charge in [-0.15, -0.1) is 0 Å². The van der Waals surface area contributed by atoms with E-state index in [1.54, 1.807) is 6.07 Å². The highest BCUT2D eigenvalue weighted by molar-refractivity contribution is 9.10. The van der Waals surface area contributed by atoms with Gasteiger partial charge in [0.2, 0.25) is 0 Å². The van der Waals surface area contributed by atoms with Crippen LogP contribution in [0.25, 0.3) is 0 Å². The molecule has 2 aromatic rings. The number of rotatable bonds is 3. The molecule has 0 bridgehead atoms. The van der Waals surface area contributed by atoms with E-state index in [9.17, 15) is 4.79 Å². The second-order valence-corrected chi connectivity index (χ2v) is 4.84. The third-order valence-electron chi connectivity index (χ3n) is 2.71. The van der Waals surface area contributed by atoms with E-state index in [2.05, 4.69) is 28.2 Å². The zero-order valence-electron chi connectivity index (χ0n) is 10.1. The van der Waals surface area contributed by atoms with Crippen LogP contribution in [0.5, 0.6) is 0 Å². The van der Waals surface area contributed by atoms with Crippen molar-refractivity contribution in [1.82, 2.24) is 0 Å². The van der Waals surface area contributed by atoms with Crippen LogP contribution >= 0.6 is 15.9 Å². The minimum absolute atomic E-state index is 0.101. The molecule has 0 aliphatic rings. The van der Waals surface area contributed by atoms with E-state index in [1.807, 2.05) is 42.5 Å². The first kappa shape index (κ1) is 12.8. The molecule has 0 spiro atoms. The average Bonchev–Trinajstić information content (AvgIpc) is 2.39. The van der Waals surface area contributed by atoms with Crippen molar-refractivity contribution in [2.24, 2.45) is 0 Å². The summed E-state index contributed by atoms with van der Waals surface area (Å²) >= 11 is 3.38. The van der Waals surface area contributed by atoms with E-state index < -0.39 is 0 Å². The third kappa shape index (κ3) is 2.99. The van der Waals surface area contributed by atoms with Gasteiger partial charge >= 0.3 is 0 Å². The van der Waals surface area contributed by atoms with Gasteiger partial charge in [-0.25, -0.2) is 0 Å². The van der Waals surface area contributed by atoms with Gasteiger partial charge in [0.05, 0.1) is 5.56 Å². The lowest BCUT2D eigenvalue weighted by atomic mass is 10.1.